The summed E-state index contributed by atoms with van der Waals surface area (Å²) in [6.45, 7) is 3.69. The first-order chi connectivity index (χ1) is 9.35. The van der Waals surface area contributed by atoms with Gasteiger partial charge in [-0.2, -0.15) is 0 Å². The molecule has 1 aliphatic rings. The third-order valence-corrected chi connectivity index (χ3v) is 3.30. The molecule has 0 saturated carbocycles. The number of ether oxygens (including phenoxy) is 1. The van der Waals surface area contributed by atoms with Crippen molar-refractivity contribution in [2.45, 2.75) is 25.7 Å². The van der Waals surface area contributed by atoms with Gasteiger partial charge in [0.05, 0.1) is 5.69 Å². The topological polar surface area (TPSA) is 33.3 Å². The zero-order chi connectivity index (χ0) is 14.8. The molecular formula is C13H16F4N2O. The molecule has 1 heterocycles. The summed E-state index contributed by atoms with van der Waals surface area (Å²) in [5.74, 6) is -0.995. The van der Waals surface area contributed by atoms with Gasteiger partial charge in [0.15, 0.2) is 0 Å². The van der Waals surface area contributed by atoms with Crippen LogP contribution in [-0.2, 0) is 0 Å². The van der Waals surface area contributed by atoms with Crippen LogP contribution in [0.5, 0.6) is 5.75 Å². The Labute approximate surface area is 114 Å². The summed E-state index contributed by atoms with van der Waals surface area (Å²) >= 11 is 0. The zero-order valence-corrected chi connectivity index (χ0v) is 10.9. The molecule has 2 atom stereocenters. The van der Waals surface area contributed by atoms with Crippen LogP contribution in [0.1, 0.15) is 13.3 Å². The van der Waals surface area contributed by atoms with E-state index >= 15 is 0 Å². The van der Waals surface area contributed by atoms with Gasteiger partial charge in [-0.05, 0) is 37.6 Å². The van der Waals surface area contributed by atoms with Crippen LogP contribution in [0, 0.1) is 11.7 Å². The Morgan fingerprint density at radius 1 is 1.35 bits per heavy atom. The Hall–Kier alpha value is -1.50. The lowest BCUT2D eigenvalue weighted by Gasteiger charge is -2.31. The van der Waals surface area contributed by atoms with Gasteiger partial charge in [0.2, 0.25) is 0 Å². The highest BCUT2D eigenvalue weighted by Gasteiger charge is 2.31. The van der Waals surface area contributed by atoms with Gasteiger partial charge >= 0.3 is 6.36 Å². The Morgan fingerprint density at radius 2 is 2.10 bits per heavy atom. The van der Waals surface area contributed by atoms with Crippen LogP contribution in [0.25, 0.3) is 0 Å². The van der Waals surface area contributed by atoms with E-state index in [2.05, 4.69) is 15.4 Å². The quantitative estimate of drug-likeness (QED) is 0.840. The molecular weight excluding hydrogens is 276 g/mol. The van der Waals surface area contributed by atoms with E-state index in [4.69, 9.17) is 0 Å². The van der Waals surface area contributed by atoms with E-state index < -0.39 is 17.9 Å². The number of anilines is 1. The zero-order valence-electron chi connectivity index (χ0n) is 10.9. The predicted molar refractivity (Wildman–Crippen MR) is 67.1 cm³/mol. The van der Waals surface area contributed by atoms with Gasteiger partial charge in [-0.25, -0.2) is 4.39 Å². The maximum atomic E-state index is 13.8. The first-order valence-corrected chi connectivity index (χ1v) is 6.38. The van der Waals surface area contributed by atoms with Crippen molar-refractivity contribution in [3.05, 3.63) is 24.0 Å². The number of hydrogen-bond acceptors (Lipinski definition) is 3. The van der Waals surface area contributed by atoms with Gasteiger partial charge in [-0.15, -0.1) is 13.2 Å². The second kappa shape index (κ2) is 5.87. The van der Waals surface area contributed by atoms with E-state index in [0.29, 0.717) is 5.92 Å². The molecule has 3 nitrogen and oxygen atoms in total. The molecule has 1 aromatic rings. The van der Waals surface area contributed by atoms with Crippen molar-refractivity contribution in [2.75, 3.05) is 18.4 Å². The summed E-state index contributed by atoms with van der Waals surface area (Å²) in [5.41, 5.74) is 0.193. The van der Waals surface area contributed by atoms with Gasteiger partial charge in [0.25, 0.3) is 0 Å². The van der Waals surface area contributed by atoms with Crippen molar-refractivity contribution in [3.63, 3.8) is 0 Å². The molecule has 1 saturated heterocycles. The number of alkyl halides is 3. The number of benzene rings is 1. The first-order valence-electron chi connectivity index (χ1n) is 6.38. The number of hydrogen-bond donors (Lipinski definition) is 2. The normalized spacial score (nSPS) is 23.4. The van der Waals surface area contributed by atoms with Gasteiger partial charge < -0.3 is 15.4 Å². The van der Waals surface area contributed by atoms with Crippen LogP contribution in [-0.4, -0.2) is 25.5 Å². The lowest BCUT2D eigenvalue weighted by molar-refractivity contribution is -0.274. The van der Waals surface area contributed by atoms with Gasteiger partial charge in [-0.3, -0.25) is 0 Å². The first kappa shape index (κ1) is 14.9. The van der Waals surface area contributed by atoms with Crippen LogP contribution in [0.4, 0.5) is 23.2 Å². The molecule has 0 aromatic heterocycles. The molecule has 0 amide bonds. The minimum atomic E-state index is -4.81. The van der Waals surface area contributed by atoms with Crippen molar-refractivity contribution in [1.29, 1.82) is 0 Å². The maximum absolute atomic E-state index is 13.8. The fourth-order valence-corrected chi connectivity index (χ4v) is 2.24. The molecule has 0 spiro atoms. The molecule has 1 aromatic carbocycles. The van der Waals surface area contributed by atoms with Crippen molar-refractivity contribution >= 4 is 5.69 Å². The fourth-order valence-electron chi connectivity index (χ4n) is 2.24. The van der Waals surface area contributed by atoms with Crippen molar-refractivity contribution in [2.24, 2.45) is 5.92 Å². The Bertz CT molecular complexity index is 464. The van der Waals surface area contributed by atoms with E-state index in [9.17, 15) is 17.6 Å². The maximum Gasteiger partial charge on any atom is 0.573 e. The SMILES string of the molecule is CC1CNCCC1Nc1ccc(OC(F)(F)F)cc1F. The molecule has 2 rings (SSSR count). The highest BCUT2D eigenvalue weighted by atomic mass is 19.4. The molecule has 0 bridgehead atoms. The second-order valence-electron chi connectivity index (χ2n) is 4.91. The Balaban J connectivity index is 2.05. The summed E-state index contributed by atoms with van der Waals surface area (Å²) in [6.07, 6.45) is -3.98. The van der Waals surface area contributed by atoms with Crippen LogP contribution < -0.4 is 15.4 Å². The molecule has 2 N–H and O–H groups in total. The fraction of sp³-hybridized carbons (Fsp3) is 0.538. The van der Waals surface area contributed by atoms with E-state index in [0.717, 1.165) is 31.6 Å². The largest absolute Gasteiger partial charge is 0.573 e. The lowest BCUT2D eigenvalue weighted by Crippen LogP contribution is -2.42. The summed E-state index contributed by atoms with van der Waals surface area (Å²) in [5, 5.41) is 6.26. The van der Waals surface area contributed by atoms with Gasteiger partial charge in [0, 0.05) is 12.1 Å². The van der Waals surface area contributed by atoms with E-state index in [1.54, 1.807) is 0 Å². The Morgan fingerprint density at radius 3 is 2.70 bits per heavy atom. The monoisotopic (exact) mass is 292 g/mol. The second-order valence-corrected chi connectivity index (χ2v) is 4.91. The smallest absolute Gasteiger partial charge is 0.406 e. The highest BCUT2D eigenvalue weighted by Crippen LogP contribution is 2.27. The van der Waals surface area contributed by atoms with Gasteiger partial charge in [-0.1, -0.05) is 6.92 Å². The third-order valence-electron chi connectivity index (χ3n) is 3.30. The van der Waals surface area contributed by atoms with Crippen LogP contribution >= 0.6 is 0 Å². The number of piperidine rings is 1. The number of nitrogens with one attached hydrogen (secondary N) is 2. The van der Waals surface area contributed by atoms with Crippen molar-refractivity contribution in [3.8, 4) is 5.75 Å². The molecule has 0 radical (unpaired) electrons. The summed E-state index contributed by atoms with van der Waals surface area (Å²) < 4.78 is 53.5. The molecule has 1 fully saturated rings. The standard InChI is InChI=1S/C13H16F4N2O/c1-8-7-18-5-4-11(8)19-12-3-2-9(6-10(12)14)20-13(15,16)17/h2-3,6,8,11,18-19H,4-5,7H2,1H3. The summed E-state index contributed by atoms with van der Waals surface area (Å²) in [7, 11) is 0. The predicted octanol–water partition coefficient (Wildman–Crippen LogP) is 3.13. The van der Waals surface area contributed by atoms with Gasteiger partial charge in [0.1, 0.15) is 11.6 Å². The van der Waals surface area contributed by atoms with E-state index in [1.807, 2.05) is 6.92 Å². The molecule has 20 heavy (non-hydrogen) atoms. The third kappa shape index (κ3) is 4.00. The van der Waals surface area contributed by atoms with Crippen molar-refractivity contribution < 1.29 is 22.3 Å². The molecule has 2 unspecified atom stereocenters. The van der Waals surface area contributed by atoms with E-state index in [-0.39, 0.29) is 11.7 Å². The highest BCUT2D eigenvalue weighted by molar-refractivity contribution is 5.49. The summed E-state index contributed by atoms with van der Waals surface area (Å²) in [4.78, 5) is 0. The minimum Gasteiger partial charge on any atom is -0.406 e. The van der Waals surface area contributed by atoms with E-state index in [1.165, 1.54) is 6.07 Å². The number of rotatable bonds is 3. The van der Waals surface area contributed by atoms with Crippen LogP contribution in [0.15, 0.2) is 18.2 Å². The number of halogens is 4. The van der Waals surface area contributed by atoms with Crippen molar-refractivity contribution in [1.82, 2.24) is 5.32 Å². The lowest BCUT2D eigenvalue weighted by atomic mass is 9.95. The molecule has 7 heteroatoms. The Kier molecular flexibility index (Phi) is 4.37. The summed E-state index contributed by atoms with van der Waals surface area (Å²) in [6, 6.07) is 3.21. The average Bonchev–Trinajstić information content (AvgIpc) is 2.33. The molecule has 1 aliphatic heterocycles. The van der Waals surface area contributed by atoms with Crippen LogP contribution in [0.3, 0.4) is 0 Å². The minimum absolute atomic E-state index is 0.0973. The van der Waals surface area contributed by atoms with Crippen LogP contribution in [0.2, 0.25) is 0 Å². The molecule has 112 valence electrons. The average molecular weight is 292 g/mol. The molecule has 0 aliphatic carbocycles.